The number of hydrogen-bond donors (Lipinski definition) is 3. The maximum Gasteiger partial charge on any atom is 0.326 e. The quantitative estimate of drug-likeness (QED) is 0.650. The fourth-order valence-electron chi connectivity index (χ4n) is 1.55. The predicted octanol–water partition coefficient (Wildman–Crippen LogP) is 0.321. The van der Waals surface area contributed by atoms with Gasteiger partial charge in [0.15, 0.2) is 0 Å². The Bertz CT molecular complexity index is 629. The number of aromatic nitrogens is 2. The Labute approximate surface area is 96.1 Å². The molecule has 88 valence electrons. The number of nitrogens with two attached hydrogens (primary N) is 1. The minimum atomic E-state index is -0.572. The van der Waals surface area contributed by atoms with Gasteiger partial charge in [-0.05, 0) is 18.2 Å². The van der Waals surface area contributed by atoms with Crippen LogP contribution in [0.5, 0.6) is 5.75 Å². The second kappa shape index (κ2) is 4.17. The average molecular weight is 233 g/mol. The van der Waals surface area contributed by atoms with Gasteiger partial charge in [-0.1, -0.05) is 0 Å². The summed E-state index contributed by atoms with van der Waals surface area (Å²) in [6, 6.07) is 6.25. The monoisotopic (exact) mass is 233 g/mol. The number of hydrogen-bond acceptors (Lipinski definition) is 4. The summed E-state index contributed by atoms with van der Waals surface area (Å²) in [5.41, 5.74) is 6.06. The van der Waals surface area contributed by atoms with Crippen LogP contribution in [-0.2, 0) is 0 Å². The van der Waals surface area contributed by atoms with Crippen molar-refractivity contribution in [3.05, 3.63) is 45.1 Å². The van der Waals surface area contributed by atoms with Crippen molar-refractivity contribution in [2.45, 2.75) is 0 Å². The second-order valence-corrected chi connectivity index (χ2v) is 3.46. The van der Waals surface area contributed by atoms with Crippen LogP contribution in [0.25, 0.3) is 11.3 Å². The summed E-state index contributed by atoms with van der Waals surface area (Å²) < 4.78 is 5.14. The molecule has 0 atom stereocenters. The smallest absolute Gasteiger partial charge is 0.326 e. The second-order valence-electron chi connectivity index (χ2n) is 3.46. The van der Waals surface area contributed by atoms with E-state index < -0.39 is 11.2 Å². The Morgan fingerprint density at radius 1 is 1.18 bits per heavy atom. The van der Waals surface area contributed by atoms with Crippen molar-refractivity contribution in [2.24, 2.45) is 0 Å². The van der Waals surface area contributed by atoms with Crippen molar-refractivity contribution >= 4 is 5.69 Å². The van der Waals surface area contributed by atoms with Crippen LogP contribution in [0.2, 0.25) is 0 Å². The molecule has 0 aliphatic rings. The Morgan fingerprint density at radius 3 is 2.59 bits per heavy atom. The zero-order valence-corrected chi connectivity index (χ0v) is 9.11. The van der Waals surface area contributed by atoms with E-state index in [1.54, 1.807) is 18.2 Å². The first kappa shape index (κ1) is 11.0. The van der Waals surface area contributed by atoms with E-state index >= 15 is 0 Å². The van der Waals surface area contributed by atoms with Crippen LogP contribution >= 0.6 is 0 Å². The number of methoxy groups -OCH3 is 1. The lowest BCUT2D eigenvalue weighted by atomic mass is 10.1. The van der Waals surface area contributed by atoms with Gasteiger partial charge in [-0.25, -0.2) is 4.79 Å². The molecular formula is C11H11N3O3. The van der Waals surface area contributed by atoms with E-state index in [2.05, 4.69) is 9.97 Å². The van der Waals surface area contributed by atoms with E-state index in [1.165, 1.54) is 13.2 Å². The first-order valence-electron chi connectivity index (χ1n) is 4.87. The molecule has 17 heavy (non-hydrogen) atoms. The zero-order valence-electron chi connectivity index (χ0n) is 9.11. The molecule has 0 saturated carbocycles. The number of H-pyrrole nitrogens is 2. The average Bonchev–Trinajstić information content (AvgIpc) is 2.27. The standard InChI is InChI=1S/C11H11N3O3/c1-17-9-3-2-6(12)4-7(9)8-5-10(15)14-11(16)13-8/h2-5H,12H2,1H3,(H2,13,14,15,16). The number of nitrogens with one attached hydrogen (secondary N) is 2. The number of rotatable bonds is 2. The lowest BCUT2D eigenvalue weighted by Crippen LogP contribution is -2.21. The van der Waals surface area contributed by atoms with E-state index in [-0.39, 0.29) is 0 Å². The molecule has 6 heteroatoms. The van der Waals surface area contributed by atoms with Crippen molar-refractivity contribution in [3.63, 3.8) is 0 Å². The van der Waals surface area contributed by atoms with Crippen LogP contribution < -0.4 is 21.7 Å². The molecule has 1 aromatic carbocycles. The van der Waals surface area contributed by atoms with E-state index in [0.717, 1.165) is 0 Å². The van der Waals surface area contributed by atoms with Crippen molar-refractivity contribution < 1.29 is 4.74 Å². The summed E-state index contributed by atoms with van der Waals surface area (Å²) in [7, 11) is 1.50. The third-order valence-electron chi connectivity index (χ3n) is 2.27. The highest BCUT2D eigenvalue weighted by molar-refractivity contribution is 5.70. The molecule has 0 fully saturated rings. The number of aromatic amines is 2. The summed E-state index contributed by atoms with van der Waals surface area (Å²) in [4.78, 5) is 27.0. The molecule has 0 unspecified atom stereocenters. The minimum Gasteiger partial charge on any atom is -0.496 e. The lowest BCUT2D eigenvalue weighted by molar-refractivity contribution is 0.416. The molecule has 0 bridgehead atoms. The zero-order chi connectivity index (χ0) is 12.4. The van der Waals surface area contributed by atoms with Gasteiger partial charge in [-0.15, -0.1) is 0 Å². The van der Waals surface area contributed by atoms with E-state index in [9.17, 15) is 9.59 Å². The van der Waals surface area contributed by atoms with Crippen LogP contribution in [0.4, 0.5) is 5.69 Å². The van der Waals surface area contributed by atoms with Gasteiger partial charge < -0.3 is 15.5 Å². The molecule has 0 aliphatic carbocycles. The molecule has 2 aromatic rings. The molecule has 1 aromatic heterocycles. The Hall–Kier alpha value is -2.50. The van der Waals surface area contributed by atoms with Crippen molar-refractivity contribution in [2.75, 3.05) is 12.8 Å². The molecule has 0 saturated heterocycles. The molecular weight excluding hydrogens is 222 g/mol. The largest absolute Gasteiger partial charge is 0.496 e. The highest BCUT2D eigenvalue weighted by Crippen LogP contribution is 2.29. The maximum absolute atomic E-state index is 11.2. The number of anilines is 1. The van der Waals surface area contributed by atoms with Crippen molar-refractivity contribution in [3.8, 4) is 17.0 Å². The lowest BCUT2D eigenvalue weighted by Gasteiger charge is -2.08. The molecule has 0 amide bonds. The third kappa shape index (κ3) is 2.20. The fourth-order valence-corrected chi connectivity index (χ4v) is 1.55. The molecule has 0 radical (unpaired) electrons. The molecule has 0 spiro atoms. The highest BCUT2D eigenvalue weighted by Gasteiger charge is 2.08. The summed E-state index contributed by atoms with van der Waals surface area (Å²) in [5.74, 6) is 0.528. The van der Waals surface area contributed by atoms with Gasteiger partial charge in [0.2, 0.25) is 0 Å². The normalized spacial score (nSPS) is 10.2. The van der Waals surface area contributed by atoms with Gasteiger partial charge in [0.25, 0.3) is 5.56 Å². The van der Waals surface area contributed by atoms with Crippen LogP contribution in [0.3, 0.4) is 0 Å². The van der Waals surface area contributed by atoms with Gasteiger partial charge in [-0.3, -0.25) is 9.78 Å². The summed E-state index contributed by atoms with van der Waals surface area (Å²) in [6.45, 7) is 0. The molecule has 6 nitrogen and oxygen atoms in total. The Balaban J connectivity index is 2.70. The molecule has 0 aliphatic heterocycles. The number of nitrogen functional groups attached to an aromatic ring is 1. The summed E-state index contributed by atoms with van der Waals surface area (Å²) >= 11 is 0. The minimum absolute atomic E-state index is 0.364. The van der Waals surface area contributed by atoms with Gasteiger partial charge in [0.05, 0.1) is 12.8 Å². The third-order valence-corrected chi connectivity index (χ3v) is 2.27. The summed E-state index contributed by atoms with van der Waals surface area (Å²) in [6.07, 6.45) is 0. The molecule has 1 heterocycles. The Kier molecular flexibility index (Phi) is 2.70. The van der Waals surface area contributed by atoms with Crippen LogP contribution in [-0.4, -0.2) is 17.1 Å². The SMILES string of the molecule is COc1ccc(N)cc1-c1cc(=O)[nH]c(=O)[nH]1. The fraction of sp³-hybridized carbons (Fsp3) is 0.0909. The van der Waals surface area contributed by atoms with Crippen LogP contribution in [0, 0.1) is 0 Å². The van der Waals surface area contributed by atoms with Crippen molar-refractivity contribution in [1.29, 1.82) is 0 Å². The number of ether oxygens (including phenoxy) is 1. The molecule has 2 rings (SSSR count). The molecule has 4 N–H and O–H groups in total. The Morgan fingerprint density at radius 2 is 1.94 bits per heavy atom. The van der Waals surface area contributed by atoms with Gasteiger partial charge >= 0.3 is 5.69 Å². The van der Waals surface area contributed by atoms with Crippen LogP contribution in [0.1, 0.15) is 0 Å². The first-order chi connectivity index (χ1) is 8.10. The topological polar surface area (TPSA) is 101 Å². The van der Waals surface area contributed by atoms with E-state index in [0.29, 0.717) is 22.7 Å². The first-order valence-corrected chi connectivity index (χ1v) is 4.87. The van der Waals surface area contributed by atoms with Gasteiger partial charge in [-0.2, -0.15) is 0 Å². The summed E-state index contributed by atoms with van der Waals surface area (Å²) in [5, 5.41) is 0. The van der Waals surface area contributed by atoms with Gasteiger partial charge in [0.1, 0.15) is 5.75 Å². The van der Waals surface area contributed by atoms with Gasteiger partial charge in [0, 0.05) is 17.3 Å². The van der Waals surface area contributed by atoms with Crippen LogP contribution in [0.15, 0.2) is 33.9 Å². The highest BCUT2D eigenvalue weighted by atomic mass is 16.5. The van der Waals surface area contributed by atoms with Crippen molar-refractivity contribution in [1.82, 2.24) is 9.97 Å². The van der Waals surface area contributed by atoms with E-state index in [4.69, 9.17) is 10.5 Å². The van der Waals surface area contributed by atoms with E-state index in [1.807, 2.05) is 0 Å². The maximum atomic E-state index is 11.2. The number of benzene rings is 1. The predicted molar refractivity (Wildman–Crippen MR) is 64.1 cm³/mol.